The second-order valence-electron chi connectivity index (χ2n) is 5.62. The molecule has 0 spiro atoms. The lowest BCUT2D eigenvalue weighted by Crippen LogP contribution is -2.34. The minimum Gasteiger partial charge on any atom is -0.375 e. The first-order valence-electron chi connectivity index (χ1n) is 7.32. The van der Waals surface area contributed by atoms with Crippen LogP contribution in [0, 0.1) is 5.92 Å². The lowest BCUT2D eigenvalue weighted by molar-refractivity contribution is 0.0857. The summed E-state index contributed by atoms with van der Waals surface area (Å²) in [4.78, 5) is 0. The van der Waals surface area contributed by atoms with E-state index < -0.39 is 0 Å². The van der Waals surface area contributed by atoms with Crippen molar-refractivity contribution in [2.75, 3.05) is 6.54 Å². The summed E-state index contributed by atoms with van der Waals surface area (Å²) in [7, 11) is 0. The molecule has 2 aliphatic heterocycles. The largest absolute Gasteiger partial charge is 0.375 e. The molecule has 0 amide bonds. The highest BCUT2D eigenvalue weighted by Crippen LogP contribution is 2.44. The molecule has 3 rings (SSSR count). The number of hydrogen-bond acceptors (Lipinski definition) is 2. The van der Waals surface area contributed by atoms with Crippen molar-refractivity contribution < 1.29 is 4.74 Å². The minimum absolute atomic E-state index is 0.474. The van der Waals surface area contributed by atoms with Gasteiger partial charge in [0.15, 0.2) is 0 Å². The van der Waals surface area contributed by atoms with Gasteiger partial charge < -0.3 is 10.1 Å². The van der Waals surface area contributed by atoms with Crippen LogP contribution < -0.4 is 5.32 Å². The van der Waals surface area contributed by atoms with E-state index in [1.165, 1.54) is 31.2 Å². The Balaban J connectivity index is 1.77. The molecule has 2 bridgehead atoms. The van der Waals surface area contributed by atoms with Crippen LogP contribution in [0.15, 0.2) is 30.3 Å². The van der Waals surface area contributed by atoms with Crippen LogP contribution in [-0.2, 0) is 4.74 Å². The van der Waals surface area contributed by atoms with Gasteiger partial charge in [0.1, 0.15) is 0 Å². The Bertz CT molecular complexity index is 378. The molecule has 2 heterocycles. The fourth-order valence-electron chi connectivity index (χ4n) is 3.50. The van der Waals surface area contributed by atoms with Gasteiger partial charge in [0, 0.05) is 12.0 Å². The molecular weight excluding hydrogens is 222 g/mol. The van der Waals surface area contributed by atoms with Crippen LogP contribution in [0.5, 0.6) is 0 Å². The van der Waals surface area contributed by atoms with E-state index in [-0.39, 0.29) is 0 Å². The van der Waals surface area contributed by atoms with E-state index in [1.807, 2.05) is 0 Å². The maximum absolute atomic E-state index is 6.03. The van der Waals surface area contributed by atoms with Crippen molar-refractivity contribution in [2.45, 2.75) is 50.9 Å². The normalized spacial score (nSPS) is 31.7. The summed E-state index contributed by atoms with van der Waals surface area (Å²) >= 11 is 0. The lowest BCUT2D eigenvalue weighted by atomic mass is 9.81. The van der Waals surface area contributed by atoms with Crippen LogP contribution in [0.4, 0.5) is 0 Å². The molecule has 2 fully saturated rings. The van der Waals surface area contributed by atoms with Gasteiger partial charge in [-0.25, -0.2) is 0 Å². The van der Waals surface area contributed by atoms with Crippen molar-refractivity contribution >= 4 is 0 Å². The Hall–Kier alpha value is -0.860. The van der Waals surface area contributed by atoms with Crippen molar-refractivity contribution in [3.8, 4) is 0 Å². The molecular formula is C16H23NO. The minimum atomic E-state index is 0.474. The molecule has 1 aromatic carbocycles. The van der Waals surface area contributed by atoms with Gasteiger partial charge in [0.25, 0.3) is 0 Å². The number of rotatable bonds is 5. The molecule has 98 valence electrons. The van der Waals surface area contributed by atoms with E-state index in [1.54, 1.807) is 0 Å². The van der Waals surface area contributed by atoms with Crippen molar-refractivity contribution in [1.29, 1.82) is 0 Å². The van der Waals surface area contributed by atoms with Crippen molar-refractivity contribution in [1.82, 2.24) is 5.32 Å². The van der Waals surface area contributed by atoms with E-state index in [4.69, 9.17) is 4.74 Å². The maximum Gasteiger partial charge on any atom is 0.0627 e. The van der Waals surface area contributed by atoms with E-state index in [0.717, 1.165) is 6.54 Å². The van der Waals surface area contributed by atoms with Crippen molar-refractivity contribution in [2.24, 2.45) is 5.92 Å². The number of hydrogen-bond donors (Lipinski definition) is 1. The van der Waals surface area contributed by atoms with Gasteiger partial charge in [-0.1, -0.05) is 37.3 Å². The molecule has 2 heteroatoms. The molecule has 0 aromatic heterocycles. The molecule has 1 N–H and O–H groups in total. The predicted octanol–water partition coefficient (Wildman–Crippen LogP) is 3.29. The Kier molecular flexibility index (Phi) is 3.67. The molecule has 4 atom stereocenters. The molecule has 2 saturated heterocycles. The summed E-state index contributed by atoms with van der Waals surface area (Å²) in [6.45, 7) is 3.32. The maximum atomic E-state index is 6.03. The van der Waals surface area contributed by atoms with Gasteiger partial charge in [-0.15, -0.1) is 0 Å². The lowest BCUT2D eigenvalue weighted by Gasteiger charge is -2.29. The van der Waals surface area contributed by atoms with Gasteiger partial charge in [-0.3, -0.25) is 0 Å². The highest BCUT2D eigenvalue weighted by molar-refractivity contribution is 5.21. The van der Waals surface area contributed by atoms with Crippen LogP contribution in [-0.4, -0.2) is 18.8 Å². The van der Waals surface area contributed by atoms with Crippen LogP contribution in [0.1, 0.15) is 44.2 Å². The van der Waals surface area contributed by atoms with Gasteiger partial charge in [-0.05, 0) is 37.8 Å². The van der Waals surface area contributed by atoms with E-state index in [2.05, 4.69) is 42.6 Å². The molecule has 0 radical (unpaired) electrons. The zero-order chi connectivity index (χ0) is 12.4. The fraction of sp³-hybridized carbons (Fsp3) is 0.625. The van der Waals surface area contributed by atoms with Crippen LogP contribution >= 0.6 is 0 Å². The molecule has 18 heavy (non-hydrogen) atoms. The van der Waals surface area contributed by atoms with E-state index in [0.29, 0.717) is 24.2 Å². The number of nitrogens with one attached hydrogen (secondary N) is 1. The summed E-state index contributed by atoms with van der Waals surface area (Å²) in [6.07, 6.45) is 5.98. The fourth-order valence-corrected chi connectivity index (χ4v) is 3.50. The van der Waals surface area contributed by atoms with Crippen LogP contribution in [0.3, 0.4) is 0 Å². The van der Waals surface area contributed by atoms with Crippen LogP contribution in [0.2, 0.25) is 0 Å². The first kappa shape index (κ1) is 12.2. The quantitative estimate of drug-likeness (QED) is 0.859. The zero-order valence-electron chi connectivity index (χ0n) is 11.1. The third-order valence-corrected chi connectivity index (χ3v) is 4.35. The average Bonchev–Trinajstić information content (AvgIpc) is 3.03. The predicted molar refractivity (Wildman–Crippen MR) is 73.5 cm³/mol. The van der Waals surface area contributed by atoms with E-state index in [9.17, 15) is 0 Å². The van der Waals surface area contributed by atoms with Gasteiger partial charge in [0.2, 0.25) is 0 Å². The summed E-state index contributed by atoms with van der Waals surface area (Å²) in [5, 5.41) is 3.73. The first-order chi connectivity index (χ1) is 8.88. The number of benzene rings is 1. The Morgan fingerprint density at radius 2 is 2.11 bits per heavy atom. The summed E-state index contributed by atoms with van der Waals surface area (Å²) in [6, 6.07) is 11.4. The molecule has 2 aliphatic rings. The second kappa shape index (κ2) is 5.41. The molecule has 0 aliphatic carbocycles. The third kappa shape index (κ3) is 2.32. The SMILES string of the molecule is CCCNC(c1ccccc1)C1CC2CCC1O2. The molecule has 2 nitrogen and oxygen atoms in total. The standard InChI is InChI=1S/C16H23NO/c1-2-10-17-16(12-6-4-3-5-7-12)14-11-13-8-9-15(14)18-13/h3-7,13-17H,2,8-11H2,1H3. The third-order valence-electron chi connectivity index (χ3n) is 4.35. The zero-order valence-corrected chi connectivity index (χ0v) is 11.1. The topological polar surface area (TPSA) is 21.3 Å². The highest BCUT2D eigenvalue weighted by Gasteiger charge is 2.44. The van der Waals surface area contributed by atoms with E-state index >= 15 is 0 Å². The summed E-state index contributed by atoms with van der Waals surface area (Å²) in [5.41, 5.74) is 1.42. The van der Waals surface area contributed by atoms with Gasteiger partial charge in [0.05, 0.1) is 12.2 Å². The Morgan fingerprint density at radius 3 is 2.72 bits per heavy atom. The summed E-state index contributed by atoms with van der Waals surface area (Å²) in [5.74, 6) is 0.665. The molecule has 0 saturated carbocycles. The number of ether oxygens (including phenoxy) is 1. The highest BCUT2D eigenvalue weighted by atomic mass is 16.5. The van der Waals surface area contributed by atoms with Crippen molar-refractivity contribution in [3.63, 3.8) is 0 Å². The van der Waals surface area contributed by atoms with Crippen LogP contribution in [0.25, 0.3) is 0 Å². The first-order valence-corrected chi connectivity index (χ1v) is 7.32. The smallest absolute Gasteiger partial charge is 0.0627 e. The van der Waals surface area contributed by atoms with Crippen molar-refractivity contribution in [3.05, 3.63) is 35.9 Å². The Morgan fingerprint density at radius 1 is 1.28 bits per heavy atom. The van der Waals surface area contributed by atoms with Gasteiger partial charge >= 0.3 is 0 Å². The average molecular weight is 245 g/mol. The Labute approximate surface area is 110 Å². The monoisotopic (exact) mass is 245 g/mol. The summed E-state index contributed by atoms with van der Waals surface area (Å²) < 4.78 is 6.03. The number of fused-ring (bicyclic) bond motifs is 2. The molecule has 4 unspecified atom stereocenters. The second-order valence-corrected chi connectivity index (χ2v) is 5.62. The molecule has 1 aromatic rings. The van der Waals surface area contributed by atoms with Gasteiger partial charge in [-0.2, -0.15) is 0 Å².